The molecule has 2 heterocycles. The SMILES string of the molecule is COc1ccc(C(=O)CCCCN2CCC3(CC2)NC(=O)NC3=O)c(OC)c1.Cl. The number of ether oxygens (including phenoxy) is 2. The number of nitrogens with one attached hydrogen (secondary N) is 2. The van der Waals surface area contributed by atoms with Crippen molar-refractivity contribution in [3.63, 3.8) is 0 Å². The predicted octanol–water partition coefficient (Wildman–Crippen LogP) is 2.15. The molecule has 2 aliphatic rings. The molecule has 0 bridgehead atoms. The summed E-state index contributed by atoms with van der Waals surface area (Å²) in [4.78, 5) is 38.1. The number of likely N-dealkylation sites (tertiary alicyclic amines) is 1. The molecule has 2 aliphatic heterocycles. The number of hydrogen-bond acceptors (Lipinski definition) is 6. The number of carbonyl (C=O) groups is 3. The largest absolute Gasteiger partial charge is 0.497 e. The summed E-state index contributed by atoms with van der Waals surface area (Å²) < 4.78 is 10.5. The zero-order chi connectivity index (χ0) is 20.1. The molecular weight excluding hydrogens is 398 g/mol. The van der Waals surface area contributed by atoms with Crippen LogP contribution in [0.2, 0.25) is 0 Å². The number of ketones is 1. The zero-order valence-electron chi connectivity index (χ0n) is 16.8. The van der Waals surface area contributed by atoms with E-state index in [4.69, 9.17) is 9.47 Å². The Kier molecular flexibility index (Phi) is 7.87. The van der Waals surface area contributed by atoms with Gasteiger partial charge < -0.3 is 19.7 Å². The van der Waals surface area contributed by atoms with Gasteiger partial charge in [0.1, 0.15) is 17.0 Å². The second-order valence-corrected chi connectivity index (χ2v) is 7.28. The van der Waals surface area contributed by atoms with E-state index in [0.717, 1.165) is 32.5 Å². The number of piperidine rings is 1. The highest BCUT2D eigenvalue weighted by atomic mass is 35.5. The van der Waals surface area contributed by atoms with Gasteiger partial charge in [0.05, 0.1) is 19.8 Å². The van der Waals surface area contributed by atoms with Crippen molar-refractivity contribution in [3.05, 3.63) is 23.8 Å². The Morgan fingerprint density at radius 1 is 1.14 bits per heavy atom. The molecule has 0 unspecified atom stereocenters. The minimum atomic E-state index is -0.728. The van der Waals surface area contributed by atoms with E-state index >= 15 is 0 Å². The number of benzene rings is 1. The van der Waals surface area contributed by atoms with Crippen molar-refractivity contribution in [2.75, 3.05) is 33.9 Å². The predicted molar refractivity (Wildman–Crippen MR) is 110 cm³/mol. The van der Waals surface area contributed by atoms with E-state index in [0.29, 0.717) is 36.3 Å². The molecule has 160 valence electrons. The first-order chi connectivity index (χ1) is 13.5. The molecule has 1 aromatic carbocycles. The van der Waals surface area contributed by atoms with Crippen molar-refractivity contribution in [3.8, 4) is 11.5 Å². The highest BCUT2D eigenvalue weighted by Gasteiger charge is 2.47. The van der Waals surface area contributed by atoms with E-state index in [2.05, 4.69) is 15.5 Å². The van der Waals surface area contributed by atoms with Crippen LogP contribution in [0, 0.1) is 0 Å². The molecule has 9 heteroatoms. The summed E-state index contributed by atoms with van der Waals surface area (Å²) in [5, 5.41) is 5.09. The molecule has 2 fully saturated rings. The molecule has 3 rings (SSSR count). The maximum Gasteiger partial charge on any atom is 0.322 e. The molecule has 0 saturated carbocycles. The number of urea groups is 1. The first kappa shape index (κ1) is 23.0. The van der Waals surface area contributed by atoms with E-state index in [1.165, 1.54) is 0 Å². The molecule has 0 aromatic heterocycles. The molecule has 1 spiro atoms. The third-order valence-electron chi connectivity index (χ3n) is 5.56. The Labute approximate surface area is 176 Å². The van der Waals surface area contributed by atoms with Crippen molar-refractivity contribution in [1.29, 1.82) is 0 Å². The fourth-order valence-corrected chi connectivity index (χ4v) is 3.82. The minimum absolute atomic E-state index is 0. The quantitative estimate of drug-likeness (QED) is 0.376. The number of methoxy groups -OCH3 is 2. The first-order valence-corrected chi connectivity index (χ1v) is 9.58. The fourth-order valence-electron chi connectivity index (χ4n) is 3.82. The molecular formula is C20H28ClN3O5. The highest BCUT2D eigenvalue weighted by Crippen LogP contribution is 2.27. The lowest BCUT2D eigenvalue weighted by Gasteiger charge is -2.36. The van der Waals surface area contributed by atoms with E-state index in [9.17, 15) is 14.4 Å². The number of hydrogen-bond donors (Lipinski definition) is 2. The molecule has 0 radical (unpaired) electrons. The number of carbonyl (C=O) groups excluding carboxylic acids is 3. The van der Waals surface area contributed by atoms with Gasteiger partial charge in [-0.1, -0.05) is 0 Å². The van der Waals surface area contributed by atoms with Crippen LogP contribution in [0.4, 0.5) is 4.79 Å². The smallest absolute Gasteiger partial charge is 0.322 e. The lowest BCUT2D eigenvalue weighted by atomic mass is 9.87. The number of rotatable bonds is 8. The highest BCUT2D eigenvalue weighted by molar-refractivity contribution is 6.07. The summed E-state index contributed by atoms with van der Waals surface area (Å²) in [6.07, 6.45) is 3.38. The lowest BCUT2D eigenvalue weighted by Crippen LogP contribution is -2.54. The Hall–Kier alpha value is -2.32. The molecule has 1 aromatic rings. The topological polar surface area (TPSA) is 97.0 Å². The van der Waals surface area contributed by atoms with Crippen LogP contribution in [0.3, 0.4) is 0 Å². The Balaban J connectivity index is 0.00000300. The second kappa shape index (κ2) is 9.93. The normalized spacial score (nSPS) is 18.0. The maximum atomic E-state index is 12.5. The third kappa shape index (κ3) is 5.19. The average molecular weight is 426 g/mol. The molecule has 8 nitrogen and oxygen atoms in total. The number of nitrogens with zero attached hydrogens (tertiary/aromatic N) is 1. The van der Waals surface area contributed by atoms with Crippen molar-refractivity contribution in [2.45, 2.75) is 37.6 Å². The van der Waals surface area contributed by atoms with Crippen molar-refractivity contribution in [2.24, 2.45) is 0 Å². The van der Waals surface area contributed by atoms with Crippen LogP contribution in [0.5, 0.6) is 11.5 Å². The van der Waals surface area contributed by atoms with Crippen LogP contribution in [0.25, 0.3) is 0 Å². The van der Waals surface area contributed by atoms with Crippen LogP contribution in [0.15, 0.2) is 18.2 Å². The van der Waals surface area contributed by atoms with E-state index in [-0.39, 0.29) is 24.1 Å². The van der Waals surface area contributed by atoms with E-state index in [1.54, 1.807) is 32.4 Å². The average Bonchev–Trinajstić information content (AvgIpc) is 2.98. The maximum absolute atomic E-state index is 12.5. The van der Waals surface area contributed by atoms with Crippen molar-refractivity contribution >= 4 is 30.1 Å². The van der Waals surface area contributed by atoms with Gasteiger partial charge in [-0.05, 0) is 44.4 Å². The zero-order valence-corrected chi connectivity index (χ0v) is 17.6. The standard InChI is InChI=1S/C20H27N3O5.ClH/c1-27-14-6-7-15(17(13-14)28-2)16(24)5-3-4-10-23-11-8-20(9-12-23)18(25)21-19(26)22-20;/h6-7,13H,3-5,8-12H2,1-2H3,(H2,21,22,25,26);1H. The van der Waals surface area contributed by atoms with Crippen molar-refractivity contribution in [1.82, 2.24) is 15.5 Å². The molecule has 2 N–H and O–H groups in total. The molecule has 0 aliphatic carbocycles. The van der Waals surface area contributed by atoms with Crippen LogP contribution < -0.4 is 20.1 Å². The third-order valence-corrected chi connectivity index (χ3v) is 5.56. The Morgan fingerprint density at radius 2 is 1.86 bits per heavy atom. The number of unbranched alkanes of at least 4 members (excludes halogenated alkanes) is 1. The van der Waals surface area contributed by atoms with Crippen LogP contribution >= 0.6 is 12.4 Å². The van der Waals surface area contributed by atoms with E-state index in [1.807, 2.05) is 0 Å². The van der Waals surface area contributed by atoms with Crippen molar-refractivity contribution < 1.29 is 23.9 Å². The van der Waals surface area contributed by atoms with Crippen LogP contribution in [-0.2, 0) is 4.79 Å². The number of Topliss-reactive ketones (excluding diaryl/α,β-unsaturated/α-hetero) is 1. The van der Waals surface area contributed by atoms with Crippen LogP contribution in [0.1, 0.15) is 42.5 Å². The molecule has 3 amide bonds. The summed E-state index contributed by atoms with van der Waals surface area (Å²) in [7, 11) is 3.12. The van der Waals surface area contributed by atoms with E-state index < -0.39 is 11.6 Å². The Bertz CT molecular complexity index is 762. The van der Waals surface area contributed by atoms with Gasteiger partial charge in [-0.3, -0.25) is 14.9 Å². The number of halogens is 1. The molecule has 0 atom stereocenters. The van der Waals surface area contributed by atoms with Gasteiger partial charge in [0, 0.05) is 25.6 Å². The van der Waals surface area contributed by atoms with Gasteiger partial charge in [-0.25, -0.2) is 4.79 Å². The van der Waals surface area contributed by atoms with Crippen LogP contribution in [-0.4, -0.2) is 62.0 Å². The van der Waals surface area contributed by atoms with Gasteiger partial charge in [-0.15, -0.1) is 12.4 Å². The summed E-state index contributed by atoms with van der Waals surface area (Å²) in [5.74, 6) is 1.03. The Morgan fingerprint density at radius 3 is 2.45 bits per heavy atom. The monoisotopic (exact) mass is 425 g/mol. The number of imide groups is 1. The summed E-state index contributed by atoms with van der Waals surface area (Å²) in [6.45, 7) is 2.39. The molecule has 29 heavy (non-hydrogen) atoms. The second-order valence-electron chi connectivity index (χ2n) is 7.28. The van der Waals surface area contributed by atoms with Gasteiger partial charge in [0.2, 0.25) is 0 Å². The first-order valence-electron chi connectivity index (χ1n) is 9.58. The summed E-state index contributed by atoms with van der Waals surface area (Å²) >= 11 is 0. The van der Waals surface area contributed by atoms with Gasteiger partial charge in [0.15, 0.2) is 5.78 Å². The lowest BCUT2D eigenvalue weighted by molar-refractivity contribution is -0.125. The summed E-state index contributed by atoms with van der Waals surface area (Å²) in [5.41, 5.74) is -0.153. The number of amides is 3. The fraction of sp³-hybridized carbons (Fsp3) is 0.550. The summed E-state index contributed by atoms with van der Waals surface area (Å²) in [6, 6.07) is 4.82. The van der Waals surface area contributed by atoms with Gasteiger partial charge >= 0.3 is 6.03 Å². The van der Waals surface area contributed by atoms with Gasteiger partial charge in [0.25, 0.3) is 5.91 Å². The molecule has 2 saturated heterocycles. The minimum Gasteiger partial charge on any atom is -0.497 e. The van der Waals surface area contributed by atoms with Gasteiger partial charge in [-0.2, -0.15) is 0 Å².